The molecule has 0 bridgehead atoms. The van der Waals surface area contributed by atoms with E-state index < -0.39 is 19.2 Å². The van der Waals surface area contributed by atoms with Gasteiger partial charge in [-0.15, -0.1) is 0 Å². The van der Waals surface area contributed by atoms with Crippen molar-refractivity contribution in [3.05, 3.63) is 72.3 Å². The summed E-state index contributed by atoms with van der Waals surface area (Å²) in [5, 5.41) is 9.86. The molecule has 104 valence electrons. The van der Waals surface area contributed by atoms with Crippen LogP contribution in [0, 0.1) is 0 Å². The zero-order valence-electron chi connectivity index (χ0n) is 11.2. The van der Waals surface area contributed by atoms with Crippen molar-refractivity contribution in [2.24, 2.45) is 0 Å². The van der Waals surface area contributed by atoms with Crippen LogP contribution in [0.3, 0.4) is 0 Å². The van der Waals surface area contributed by atoms with Gasteiger partial charge in [0, 0.05) is 0 Å². The molecule has 1 N–H and O–H groups in total. The first kappa shape index (κ1) is 13.6. The monoisotopic (exact) mass is 280 g/mol. The minimum atomic E-state index is -1.05. The fourth-order valence-electron chi connectivity index (χ4n) is 2.29. The predicted octanol–water partition coefficient (Wildman–Crippen LogP) is 1.61. The molecule has 1 heterocycles. The third kappa shape index (κ3) is 2.61. The number of esters is 1. The zero-order valence-corrected chi connectivity index (χ0v) is 11.2. The molecule has 0 spiro atoms. The molecule has 1 unspecified atom stereocenters. The molecule has 1 aliphatic rings. The fourth-order valence-corrected chi connectivity index (χ4v) is 2.29. The fraction of sp³-hybridized carbons (Fsp3) is 0.0625. The maximum atomic E-state index is 12.1. The summed E-state index contributed by atoms with van der Waals surface area (Å²) < 4.78 is 10.6. The number of fused-ring (bicyclic) bond motifs is 1. The molecule has 1 aliphatic heterocycles. The van der Waals surface area contributed by atoms with Gasteiger partial charge in [0.15, 0.2) is 0 Å². The van der Waals surface area contributed by atoms with E-state index in [-0.39, 0.29) is 5.57 Å². The molecule has 0 amide bonds. The summed E-state index contributed by atoms with van der Waals surface area (Å²) in [5.41, 5.74) is 1.54. The second-order valence-corrected chi connectivity index (χ2v) is 4.73. The number of carbonyl (C=O) groups excluding carboxylic acids is 1. The molecule has 5 heteroatoms. The van der Waals surface area contributed by atoms with Crippen LogP contribution in [0.5, 0.6) is 5.75 Å². The van der Waals surface area contributed by atoms with Crippen molar-refractivity contribution < 1.29 is 19.2 Å². The van der Waals surface area contributed by atoms with Gasteiger partial charge in [-0.05, 0) is 23.2 Å². The Morgan fingerprint density at radius 3 is 2.57 bits per heavy atom. The molecule has 0 aliphatic carbocycles. The molecule has 0 fully saturated rings. The molecule has 1 atom stereocenters. The van der Waals surface area contributed by atoms with Gasteiger partial charge in [-0.2, -0.15) is 0 Å². The van der Waals surface area contributed by atoms with Crippen LogP contribution in [0.2, 0.25) is 0 Å². The summed E-state index contributed by atoms with van der Waals surface area (Å²) in [5.74, 6) is -0.134. The van der Waals surface area contributed by atoms with Crippen molar-refractivity contribution in [1.29, 1.82) is 0 Å². The SMILES string of the molecule is C=C(C(=O)Oc1ccccc1)C1OB(O)c2ccccc21. The van der Waals surface area contributed by atoms with Crippen molar-refractivity contribution in [3.8, 4) is 5.75 Å². The van der Waals surface area contributed by atoms with Crippen molar-refractivity contribution in [3.63, 3.8) is 0 Å². The minimum absolute atomic E-state index is 0.155. The number of benzene rings is 2. The van der Waals surface area contributed by atoms with E-state index in [1.165, 1.54) is 0 Å². The van der Waals surface area contributed by atoms with Crippen molar-refractivity contribution >= 4 is 18.6 Å². The Morgan fingerprint density at radius 1 is 1.14 bits per heavy atom. The maximum absolute atomic E-state index is 12.1. The van der Waals surface area contributed by atoms with Gasteiger partial charge in [0.2, 0.25) is 0 Å². The lowest BCUT2D eigenvalue weighted by Crippen LogP contribution is -2.27. The summed E-state index contributed by atoms with van der Waals surface area (Å²) in [6, 6.07) is 15.9. The van der Waals surface area contributed by atoms with Crippen LogP contribution in [-0.2, 0) is 9.45 Å². The van der Waals surface area contributed by atoms with Crippen molar-refractivity contribution in [2.75, 3.05) is 0 Å². The highest BCUT2D eigenvalue weighted by atomic mass is 16.5. The van der Waals surface area contributed by atoms with E-state index in [9.17, 15) is 9.82 Å². The van der Waals surface area contributed by atoms with Gasteiger partial charge in [-0.1, -0.05) is 49.0 Å². The summed E-state index contributed by atoms with van der Waals surface area (Å²) >= 11 is 0. The highest BCUT2D eigenvalue weighted by molar-refractivity contribution is 6.61. The highest BCUT2D eigenvalue weighted by Gasteiger charge is 2.38. The van der Waals surface area contributed by atoms with E-state index in [0.29, 0.717) is 11.2 Å². The van der Waals surface area contributed by atoms with Crippen molar-refractivity contribution in [1.82, 2.24) is 0 Å². The van der Waals surface area contributed by atoms with Crippen LogP contribution in [0.15, 0.2) is 66.7 Å². The van der Waals surface area contributed by atoms with Gasteiger partial charge >= 0.3 is 13.1 Å². The molecule has 2 aromatic carbocycles. The molecular weight excluding hydrogens is 267 g/mol. The smallest absolute Gasteiger partial charge is 0.423 e. The van der Waals surface area contributed by atoms with E-state index in [2.05, 4.69) is 6.58 Å². The van der Waals surface area contributed by atoms with Gasteiger partial charge in [0.1, 0.15) is 11.9 Å². The number of carbonyl (C=O) groups is 1. The standard InChI is InChI=1S/C16H13BO4/c1-11(16(18)20-12-7-3-2-4-8-12)15-13-9-5-6-10-14(13)17(19)21-15/h2-10,15,19H,1H2. The summed E-state index contributed by atoms with van der Waals surface area (Å²) in [7, 11) is -1.05. The van der Waals surface area contributed by atoms with E-state index in [1.807, 2.05) is 12.1 Å². The Hall–Kier alpha value is -2.37. The molecule has 0 radical (unpaired) electrons. The van der Waals surface area contributed by atoms with Crippen LogP contribution in [0.25, 0.3) is 0 Å². The topological polar surface area (TPSA) is 55.8 Å². The Bertz CT molecular complexity index is 684. The molecule has 0 saturated heterocycles. The second-order valence-electron chi connectivity index (χ2n) is 4.73. The molecule has 21 heavy (non-hydrogen) atoms. The molecule has 0 saturated carbocycles. The normalized spacial score (nSPS) is 16.4. The number of hydrogen-bond acceptors (Lipinski definition) is 4. The van der Waals surface area contributed by atoms with Crippen LogP contribution >= 0.6 is 0 Å². The average Bonchev–Trinajstić information content (AvgIpc) is 2.85. The largest absolute Gasteiger partial charge is 0.492 e. The lowest BCUT2D eigenvalue weighted by Gasteiger charge is -2.14. The summed E-state index contributed by atoms with van der Waals surface area (Å²) in [4.78, 5) is 12.1. The third-order valence-corrected chi connectivity index (χ3v) is 3.34. The third-order valence-electron chi connectivity index (χ3n) is 3.34. The maximum Gasteiger partial charge on any atom is 0.492 e. The van der Waals surface area contributed by atoms with Gasteiger partial charge in [-0.25, -0.2) is 4.79 Å². The van der Waals surface area contributed by atoms with E-state index in [0.717, 1.165) is 5.56 Å². The molecule has 0 aromatic heterocycles. The second kappa shape index (κ2) is 5.56. The predicted molar refractivity (Wildman–Crippen MR) is 79.1 cm³/mol. The molecule has 3 rings (SSSR count). The first-order chi connectivity index (χ1) is 10.2. The van der Waals surface area contributed by atoms with Gasteiger partial charge < -0.3 is 14.4 Å². The Kier molecular flexibility index (Phi) is 3.60. The first-order valence-corrected chi connectivity index (χ1v) is 6.55. The minimum Gasteiger partial charge on any atom is -0.423 e. The number of para-hydroxylation sites is 1. The van der Waals surface area contributed by atoms with Gasteiger partial charge in [-0.3, -0.25) is 0 Å². The Morgan fingerprint density at radius 2 is 1.81 bits per heavy atom. The van der Waals surface area contributed by atoms with E-state index in [1.54, 1.807) is 42.5 Å². The quantitative estimate of drug-likeness (QED) is 0.401. The number of hydrogen-bond donors (Lipinski definition) is 1. The molecular formula is C16H13BO4. The molecule has 2 aromatic rings. The lowest BCUT2D eigenvalue weighted by molar-refractivity contribution is -0.131. The lowest BCUT2D eigenvalue weighted by atomic mass is 9.79. The van der Waals surface area contributed by atoms with E-state index >= 15 is 0 Å². The molecule has 4 nitrogen and oxygen atoms in total. The number of ether oxygens (including phenoxy) is 1. The van der Waals surface area contributed by atoms with Gasteiger partial charge in [0.05, 0.1) is 5.57 Å². The van der Waals surface area contributed by atoms with Crippen molar-refractivity contribution in [2.45, 2.75) is 6.10 Å². The van der Waals surface area contributed by atoms with Crippen LogP contribution in [-0.4, -0.2) is 18.1 Å². The van der Waals surface area contributed by atoms with Crippen LogP contribution in [0.4, 0.5) is 0 Å². The summed E-state index contributed by atoms with van der Waals surface area (Å²) in [6.07, 6.45) is -0.688. The number of rotatable bonds is 3. The Balaban J connectivity index is 1.79. The van der Waals surface area contributed by atoms with Crippen LogP contribution in [0.1, 0.15) is 11.7 Å². The zero-order chi connectivity index (χ0) is 14.8. The average molecular weight is 280 g/mol. The Labute approximate surface area is 122 Å². The van der Waals surface area contributed by atoms with E-state index in [4.69, 9.17) is 9.39 Å². The van der Waals surface area contributed by atoms with Crippen LogP contribution < -0.4 is 10.2 Å². The first-order valence-electron chi connectivity index (χ1n) is 6.55. The van der Waals surface area contributed by atoms with Gasteiger partial charge in [0.25, 0.3) is 0 Å². The summed E-state index contributed by atoms with van der Waals surface area (Å²) in [6.45, 7) is 3.76. The highest BCUT2D eigenvalue weighted by Crippen LogP contribution is 2.30.